The van der Waals surface area contributed by atoms with Gasteiger partial charge >= 0.3 is 0 Å². The Bertz CT molecular complexity index is 412. The fourth-order valence-electron chi connectivity index (χ4n) is 1.87. The van der Waals surface area contributed by atoms with E-state index in [1.165, 1.54) is 12.1 Å². The number of benzene rings is 1. The Morgan fingerprint density at radius 3 is 2.81 bits per heavy atom. The van der Waals surface area contributed by atoms with Crippen molar-refractivity contribution in [2.45, 2.75) is 26.2 Å². The second kappa shape index (κ2) is 4.54. The van der Waals surface area contributed by atoms with Crippen LogP contribution in [0.25, 0.3) is 0 Å². The molecule has 1 saturated carbocycles. The molecule has 1 nitrogen and oxygen atoms in total. The van der Waals surface area contributed by atoms with Crippen molar-refractivity contribution in [3.8, 4) is 0 Å². The lowest BCUT2D eigenvalue weighted by Crippen LogP contribution is -2.15. The summed E-state index contributed by atoms with van der Waals surface area (Å²) in [7, 11) is 0. The molecule has 0 saturated heterocycles. The van der Waals surface area contributed by atoms with Crippen molar-refractivity contribution in [3.63, 3.8) is 0 Å². The first kappa shape index (κ1) is 11.6. The van der Waals surface area contributed by atoms with Crippen molar-refractivity contribution in [1.29, 1.82) is 0 Å². The average Bonchev–Trinajstić information content (AvgIpc) is 3.04. The van der Waals surface area contributed by atoms with Gasteiger partial charge in [0.1, 0.15) is 11.6 Å². The summed E-state index contributed by atoms with van der Waals surface area (Å²) in [5.74, 6) is 0.514. The molecule has 1 atom stereocenters. The van der Waals surface area contributed by atoms with E-state index < -0.39 is 0 Å². The molecule has 0 aliphatic heterocycles. The number of hydrogen-bond acceptors (Lipinski definition) is 1. The number of Topliss-reactive ketones (excluding diaryl/α,β-unsaturated/α-hetero) is 1. The van der Waals surface area contributed by atoms with Crippen LogP contribution in [0.1, 0.15) is 25.3 Å². The maximum Gasteiger partial charge on any atom is 0.140 e. The summed E-state index contributed by atoms with van der Waals surface area (Å²) < 4.78 is 12.8. The molecule has 86 valence electrons. The number of hydrogen-bond donors (Lipinski definition) is 0. The predicted octanol–water partition coefficient (Wildman–Crippen LogP) is 3.64. The molecule has 2 rings (SSSR count). The highest BCUT2D eigenvalue weighted by Gasteiger charge is 2.32. The smallest absolute Gasteiger partial charge is 0.140 e. The van der Waals surface area contributed by atoms with Crippen LogP contribution in [0.3, 0.4) is 0 Å². The summed E-state index contributed by atoms with van der Waals surface area (Å²) in [6.07, 6.45) is 2.63. The Hall–Kier alpha value is -0.890. The summed E-state index contributed by atoms with van der Waals surface area (Å²) in [5, 5.41) is 0.344. The van der Waals surface area contributed by atoms with Crippen LogP contribution >= 0.6 is 11.6 Å². The highest BCUT2D eigenvalue weighted by molar-refractivity contribution is 6.31. The second-order valence-corrected chi connectivity index (χ2v) is 4.91. The van der Waals surface area contributed by atoms with Crippen molar-refractivity contribution in [2.75, 3.05) is 0 Å². The lowest BCUT2D eigenvalue weighted by molar-refractivity contribution is -0.122. The molecule has 1 fully saturated rings. The van der Waals surface area contributed by atoms with Crippen LogP contribution < -0.4 is 0 Å². The Morgan fingerprint density at radius 1 is 1.56 bits per heavy atom. The molecule has 0 heterocycles. The highest BCUT2D eigenvalue weighted by Crippen LogP contribution is 2.37. The third kappa shape index (κ3) is 2.62. The van der Waals surface area contributed by atoms with Gasteiger partial charge in [-0.15, -0.1) is 0 Å². The van der Waals surface area contributed by atoms with E-state index in [9.17, 15) is 9.18 Å². The molecule has 0 N–H and O–H groups in total. The predicted molar refractivity (Wildman–Crippen MR) is 62.0 cm³/mol. The minimum Gasteiger partial charge on any atom is -0.299 e. The molecule has 1 aliphatic rings. The zero-order valence-corrected chi connectivity index (χ0v) is 9.93. The maximum absolute atomic E-state index is 12.8. The number of halogens is 2. The van der Waals surface area contributed by atoms with Gasteiger partial charge in [-0.1, -0.05) is 24.6 Å². The van der Waals surface area contributed by atoms with Crippen molar-refractivity contribution in [2.24, 2.45) is 11.8 Å². The number of rotatable bonds is 4. The fraction of sp³-hybridized carbons (Fsp3) is 0.462. The van der Waals surface area contributed by atoms with Crippen molar-refractivity contribution in [3.05, 3.63) is 34.6 Å². The van der Waals surface area contributed by atoms with Crippen LogP contribution in [0.2, 0.25) is 5.02 Å². The number of carbonyl (C=O) groups excluding carboxylic acids is 1. The van der Waals surface area contributed by atoms with Gasteiger partial charge in [-0.25, -0.2) is 4.39 Å². The van der Waals surface area contributed by atoms with E-state index in [2.05, 4.69) is 0 Å². The zero-order chi connectivity index (χ0) is 11.7. The molecule has 1 aliphatic carbocycles. The number of ketones is 1. The molecule has 1 aromatic carbocycles. The highest BCUT2D eigenvalue weighted by atomic mass is 35.5. The van der Waals surface area contributed by atoms with Gasteiger partial charge in [0.2, 0.25) is 0 Å². The van der Waals surface area contributed by atoms with Gasteiger partial charge in [0.25, 0.3) is 0 Å². The van der Waals surface area contributed by atoms with Crippen molar-refractivity contribution >= 4 is 17.4 Å². The minimum absolute atomic E-state index is 0.112. The minimum atomic E-state index is -0.364. The standard InChI is InChI=1S/C13H14ClFO/c1-8(9-2-3-9)13(16)6-10-4-5-11(15)7-12(10)14/h4-5,7-9H,2-3,6H2,1H3. The Labute approximate surface area is 99.6 Å². The Balaban J connectivity index is 2.05. The van der Waals surface area contributed by atoms with Crippen LogP contribution in [0.15, 0.2) is 18.2 Å². The van der Waals surface area contributed by atoms with Gasteiger partial charge in [0.15, 0.2) is 0 Å². The zero-order valence-electron chi connectivity index (χ0n) is 9.17. The van der Waals surface area contributed by atoms with Crippen LogP contribution in [0.5, 0.6) is 0 Å². The van der Waals surface area contributed by atoms with Crippen molar-refractivity contribution in [1.82, 2.24) is 0 Å². The number of carbonyl (C=O) groups is 1. The molecule has 0 amide bonds. The van der Waals surface area contributed by atoms with Crippen LogP contribution in [0, 0.1) is 17.7 Å². The van der Waals surface area contributed by atoms with Gasteiger partial charge in [-0.3, -0.25) is 4.79 Å². The van der Waals surface area contributed by atoms with Crippen molar-refractivity contribution < 1.29 is 9.18 Å². The topological polar surface area (TPSA) is 17.1 Å². The van der Waals surface area contributed by atoms with Gasteiger partial charge in [0, 0.05) is 17.4 Å². The molecule has 16 heavy (non-hydrogen) atoms. The van der Waals surface area contributed by atoms with E-state index in [0.29, 0.717) is 17.4 Å². The molecule has 1 aromatic rings. The quantitative estimate of drug-likeness (QED) is 0.785. The Morgan fingerprint density at radius 2 is 2.25 bits per heavy atom. The fourth-order valence-corrected chi connectivity index (χ4v) is 2.11. The van der Waals surface area contributed by atoms with E-state index in [4.69, 9.17) is 11.6 Å². The molecule has 1 unspecified atom stereocenters. The second-order valence-electron chi connectivity index (χ2n) is 4.50. The first-order valence-corrected chi connectivity index (χ1v) is 5.92. The summed E-state index contributed by atoms with van der Waals surface area (Å²) in [6.45, 7) is 1.97. The van der Waals surface area contributed by atoms with E-state index in [0.717, 1.165) is 18.4 Å². The largest absolute Gasteiger partial charge is 0.299 e. The third-order valence-corrected chi connectivity index (χ3v) is 3.57. The molecule has 0 bridgehead atoms. The molecule has 3 heteroatoms. The van der Waals surface area contributed by atoms with E-state index >= 15 is 0 Å². The first-order chi connectivity index (χ1) is 7.58. The van der Waals surface area contributed by atoms with Gasteiger partial charge in [-0.2, -0.15) is 0 Å². The van der Waals surface area contributed by atoms with Crippen LogP contribution in [0.4, 0.5) is 4.39 Å². The average molecular weight is 241 g/mol. The normalized spacial score (nSPS) is 17.2. The monoisotopic (exact) mass is 240 g/mol. The van der Waals surface area contributed by atoms with Gasteiger partial charge < -0.3 is 0 Å². The molecular weight excluding hydrogens is 227 g/mol. The first-order valence-electron chi connectivity index (χ1n) is 5.54. The molecule has 0 radical (unpaired) electrons. The van der Waals surface area contributed by atoms with Crippen LogP contribution in [-0.4, -0.2) is 5.78 Å². The van der Waals surface area contributed by atoms with E-state index in [-0.39, 0.29) is 17.5 Å². The summed E-state index contributed by atoms with van der Waals surface area (Å²) in [6, 6.07) is 4.19. The van der Waals surface area contributed by atoms with Crippen LogP contribution in [-0.2, 0) is 11.2 Å². The molecular formula is C13H14ClFO. The van der Waals surface area contributed by atoms with E-state index in [1.54, 1.807) is 6.07 Å². The third-order valence-electron chi connectivity index (χ3n) is 3.22. The van der Waals surface area contributed by atoms with Gasteiger partial charge in [-0.05, 0) is 36.5 Å². The Kier molecular flexibility index (Phi) is 3.29. The van der Waals surface area contributed by atoms with E-state index in [1.807, 2.05) is 6.92 Å². The lowest BCUT2D eigenvalue weighted by Gasteiger charge is -2.09. The summed E-state index contributed by atoms with van der Waals surface area (Å²) >= 11 is 5.88. The maximum atomic E-state index is 12.8. The summed E-state index contributed by atoms with van der Waals surface area (Å²) in [4.78, 5) is 11.9. The molecule has 0 aromatic heterocycles. The molecule has 0 spiro atoms. The summed E-state index contributed by atoms with van der Waals surface area (Å²) in [5.41, 5.74) is 0.723. The SMILES string of the molecule is CC(C(=O)Cc1ccc(F)cc1Cl)C1CC1. The lowest BCUT2D eigenvalue weighted by atomic mass is 9.95. The van der Waals surface area contributed by atoms with Gasteiger partial charge in [0.05, 0.1) is 0 Å².